The molecule has 0 bridgehead atoms. The topological polar surface area (TPSA) is 79.4 Å². The summed E-state index contributed by atoms with van der Waals surface area (Å²) in [4.78, 5) is 16.1. The summed E-state index contributed by atoms with van der Waals surface area (Å²) in [6, 6.07) is 2.07. The van der Waals surface area contributed by atoms with E-state index in [4.69, 9.17) is 15.2 Å². The summed E-state index contributed by atoms with van der Waals surface area (Å²) in [5.74, 6) is -0.848. The van der Waals surface area contributed by atoms with Gasteiger partial charge in [-0.3, -0.25) is 4.57 Å². The van der Waals surface area contributed by atoms with E-state index in [2.05, 4.69) is 4.98 Å². The van der Waals surface area contributed by atoms with Crippen LogP contribution in [-0.4, -0.2) is 29.7 Å². The molecule has 1 aromatic carbocycles. The molecule has 0 saturated carbocycles. The number of aromatic nitrogens is 2. The Bertz CT molecular complexity index is 682. The fraction of sp³-hybridized carbons (Fsp3) is 0.429. The summed E-state index contributed by atoms with van der Waals surface area (Å²) in [6.45, 7) is 3.74. The van der Waals surface area contributed by atoms with Gasteiger partial charge in [0.05, 0.1) is 25.3 Å². The van der Waals surface area contributed by atoms with Gasteiger partial charge in [-0.15, -0.1) is 0 Å². The maximum atomic E-state index is 13.7. The molecule has 6 nitrogen and oxygen atoms in total. The lowest BCUT2D eigenvalue weighted by Crippen LogP contribution is -2.26. The fourth-order valence-corrected chi connectivity index (χ4v) is 2.36. The molecule has 1 aromatic heterocycles. The molecule has 0 aliphatic carbocycles. The molecule has 0 spiro atoms. The molecule has 0 aliphatic rings. The molecule has 21 heavy (non-hydrogen) atoms. The van der Waals surface area contributed by atoms with E-state index in [0.717, 1.165) is 0 Å². The average molecular weight is 295 g/mol. The molecule has 7 heteroatoms. The highest BCUT2D eigenvalue weighted by Gasteiger charge is 2.29. The Morgan fingerprint density at radius 1 is 1.38 bits per heavy atom. The van der Waals surface area contributed by atoms with Crippen molar-refractivity contribution < 1.29 is 18.7 Å². The van der Waals surface area contributed by atoms with Crippen molar-refractivity contribution >= 4 is 23.0 Å². The molecule has 0 aliphatic heterocycles. The van der Waals surface area contributed by atoms with Crippen LogP contribution in [0.5, 0.6) is 5.75 Å². The molecule has 1 heterocycles. The number of rotatable bonds is 4. The van der Waals surface area contributed by atoms with Crippen LogP contribution in [-0.2, 0) is 9.53 Å². The molecule has 114 valence electrons. The lowest BCUT2D eigenvalue weighted by atomic mass is 10.0. The Hall–Kier alpha value is -2.31. The number of ether oxygens (including phenoxy) is 2. The summed E-state index contributed by atoms with van der Waals surface area (Å²) in [5, 5.41) is 0. The lowest BCUT2D eigenvalue weighted by molar-refractivity contribution is -0.145. The third kappa shape index (κ3) is 2.51. The molecule has 2 rings (SSSR count). The Morgan fingerprint density at radius 2 is 2.05 bits per heavy atom. The van der Waals surface area contributed by atoms with Crippen molar-refractivity contribution in [3.05, 3.63) is 17.9 Å². The summed E-state index contributed by atoms with van der Waals surface area (Å²) in [6.07, 6.45) is 0. The minimum atomic E-state index is -0.643. The number of hydrogen-bond donors (Lipinski definition) is 1. The van der Waals surface area contributed by atoms with Crippen LogP contribution in [0.4, 0.5) is 10.3 Å². The van der Waals surface area contributed by atoms with Gasteiger partial charge >= 0.3 is 5.97 Å². The first kappa shape index (κ1) is 15.1. The summed E-state index contributed by atoms with van der Waals surface area (Å²) in [5.41, 5.74) is 6.79. The number of nitrogens with two attached hydrogens (primary N) is 1. The lowest BCUT2D eigenvalue weighted by Gasteiger charge is -2.21. The van der Waals surface area contributed by atoms with Gasteiger partial charge < -0.3 is 15.2 Å². The van der Waals surface area contributed by atoms with Crippen LogP contribution in [0.15, 0.2) is 12.1 Å². The van der Waals surface area contributed by atoms with Gasteiger partial charge in [0.1, 0.15) is 6.04 Å². The van der Waals surface area contributed by atoms with Gasteiger partial charge in [-0.2, -0.15) is 0 Å². The van der Waals surface area contributed by atoms with Crippen molar-refractivity contribution in [1.29, 1.82) is 0 Å². The van der Waals surface area contributed by atoms with Gasteiger partial charge in [-0.05, 0) is 5.92 Å². The molecule has 1 atom stereocenters. The number of anilines is 1. The van der Waals surface area contributed by atoms with E-state index in [0.29, 0.717) is 11.0 Å². The number of carbonyl (C=O) groups excluding carboxylic acids is 1. The number of benzene rings is 1. The van der Waals surface area contributed by atoms with E-state index in [-0.39, 0.29) is 17.6 Å². The zero-order valence-corrected chi connectivity index (χ0v) is 12.4. The second kappa shape index (κ2) is 5.59. The largest absolute Gasteiger partial charge is 0.494 e. The highest BCUT2D eigenvalue weighted by Crippen LogP contribution is 2.32. The van der Waals surface area contributed by atoms with Crippen LogP contribution in [0.25, 0.3) is 11.0 Å². The zero-order chi connectivity index (χ0) is 15.7. The Balaban J connectivity index is 2.72. The quantitative estimate of drug-likeness (QED) is 0.874. The number of esters is 1. The summed E-state index contributed by atoms with van der Waals surface area (Å²) < 4.78 is 25.1. The van der Waals surface area contributed by atoms with E-state index in [1.807, 2.05) is 13.8 Å². The number of methoxy groups -OCH3 is 2. The number of carbonyl (C=O) groups is 1. The number of imidazole rings is 1. The van der Waals surface area contributed by atoms with Crippen molar-refractivity contribution in [2.24, 2.45) is 5.92 Å². The van der Waals surface area contributed by atoms with Crippen molar-refractivity contribution in [3.63, 3.8) is 0 Å². The Labute approximate surface area is 121 Å². The number of nitrogen functional groups attached to an aromatic ring is 1. The smallest absolute Gasteiger partial charge is 0.329 e. The second-order valence-electron chi connectivity index (χ2n) is 5.03. The van der Waals surface area contributed by atoms with Crippen LogP contribution in [0, 0.1) is 11.7 Å². The van der Waals surface area contributed by atoms with Crippen LogP contribution in [0.3, 0.4) is 0 Å². The standard InChI is InChI=1S/C14H18FN3O3/c1-7(2)12(13(19)21-4)18-10-6-11(20-3)8(15)5-9(10)17-14(18)16/h5-7,12H,1-4H3,(H2,16,17). The maximum Gasteiger partial charge on any atom is 0.329 e. The highest BCUT2D eigenvalue weighted by molar-refractivity contribution is 5.84. The van der Waals surface area contributed by atoms with E-state index < -0.39 is 17.8 Å². The number of nitrogens with zero attached hydrogens (tertiary/aromatic N) is 2. The van der Waals surface area contributed by atoms with Crippen LogP contribution >= 0.6 is 0 Å². The van der Waals surface area contributed by atoms with Gasteiger partial charge in [0.2, 0.25) is 5.95 Å². The van der Waals surface area contributed by atoms with E-state index >= 15 is 0 Å². The van der Waals surface area contributed by atoms with Gasteiger partial charge in [0.25, 0.3) is 0 Å². The third-order valence-corrected chi connectivity index (χ3v) is 3.34. The Kier molecular flexibility index (Phi) is 4.02. The molecule has 2 aromatic rings. The van der Waals surface area contributed by atoms with Crippen molar-refractivity contribution in [2.75, 3.05) is 20.0 Å². The zero-order valence-electron chi connectivity index (χ0n) is 12.4. The molecular formula is C14H18FN3O3. The monoisotopic (exact) mass is 295 g/mol. The minimum absolute atomic E-state index is 0.0658. The number of hydrogen-bond acceptors (Lipinski definition) is 5. The minimum Gasteiger partial charge on any atom is -0.494 e. The van der Waals surface area contributed by atoms with Crippen LogP contribution < -0.4 is 10.5 Å². The third-order valence-electron chi connectivity index (χ3n) is 3.34. The van der Waals surface area contributed by atoms with E-state index in [1.54, 1.807) is 4.57 Å². The molecule has 0 radical (unpaired) electrons. The SMILES string of the molecule is COC(=O)C(C(C)C)n1c(N)nc2cc(F)c(OC)cc21. The second-order valence-corrected chi connectivity index (χ2v) is 5.03. The van der Waals surface area contributed by atoms with Crippen molar-refractivity contribution in [3.8, 4) is 5.75 Å². The predicted octanol–water partition coefficient (Wildman–Crippen LogP) is 2.14. The molecule has 0 saturated heterocycles. The first-order valence-electron chi connectivity index (χ1n) is 6.49. The van der Waals surface area contributed by atoms with Gasteiger partial charge in [-0.25, -0.2) is 14.2 Å². The number of fused-ring (bicyclic) bond motifs is 1. The maximum absolute atomic E-state index is 13.7. The molecular weight excluding hydrogens is 277 g/mol. The molecule has 0 fully saturated rings. The first-order valence-corrected chi connectivity index (χ1v) is 6.49. The highest BCUT2D eigenvalue weighted by atomic mass is 19.1. The summed E-state index contributed by atoms with van der Waals surface area (Å²) in [7, 11) is 2.68. The fourth-order valence-electron chi connectivity index (χ4n) is 2.36. The molecule has 1 unspecified atom stereocenters. The van der Waals surface area contributed by atoms with E-state index in [9.17, 15) is 9.18 Å². The van der Waals surface area contributed by atoms with Crippen molar-refractivity contribution in [1.82, 2.24) is 9.55 Å². The van der Waals surface area contributed by atoms with Crippen LogP contribution in [0.1, 0.15) is 19.9 Å². The van der Waals surface area contributed by atoms with Crippen molar-refractivity contribution in [2.45, 2.75) is 19.9 Å². The van der Waals surface area contributed by atoms with E-state index in [1.165, 1.54) is 26.4 Å². The molecule has 0 amide bonds. The predicted molar refractivity (Wildman–Crippen MR) is 76.5 cm³/mol. The van der Waals surface area contributed by atoms with Crippen LogP contribution in [0.2, 0.25) is 0 Å². The first-order chi connectivity index (χ1) is 9.90. The van der Waals surface area contributed by atoms with Gasteiger partial charge in [-0.1, -0.05) is 13.8 Å². The van der Waals surface area contributed by atoms with Gasteiger partial charge in [0, 0.05) is 12.1 Å². The number of halogens is 1. The average Bonchev–Trinajstić information content (AvgIpc) is 2.73. The molecule has 2 N–H and O–H groups in total. The Morgan fingerprint density at radius 3 is 2.57 bits per heavy atom. The van der Waals surface area contributed by atoms with Gasteiger partial charge in [0.15, 0.2) is 11.6 Å². The summed E-state index contributed by atoms with van der Waals surface area (Å²) >= 11 is 0. The normalized spacial score (nSPS) is 12.7.